The van der Waals surface area contributed by atoms with E-state index < -0.39 is 21.8 Å². The van der Waals surface area contributed by atoms with E-state index in [1.807, 2.05) is 4.90 Å². The van der Waals surface area contributed by atoms with E-state index in [0.717, 1.165) is 11.9 Å². The van der Waals surface area contributed by atoms with E-state index in [1.54, 1.807) is 18.2 Å². The fourth-order valence-corrected chi connectivity index (χ4v) is 2.72. The van der Waals surface area contributed by atoms with Gasteiger partial charge in [0.2, 0.25) is 0 Å². The summed E-state index contributed by atoms with van der Waals surface area (Å²) in [5.41, 5.74) is 0.732. The van der Waals surface area contributed by atoms with Gasteiger partial charge in [0.25, 0.3) is 0 Å². The number of nitrogens with one attached hydrogen (secondary N) is 1. The van der Waals surface area contributed by atoms with Gasteiger partial charge in [0.05, 0.1) is 4.90 Å². The van der Waals surface area contributed by atoms with Gasteiger partial charge in [-0.3, -0.25) is 4.79 Å². The molecule has 1 aliphatic heterocycles. The average Bonchev–Trinajstić information content (AvgIpc) is 2.38. The molecule has 1 unspecified atom stereocenters. The zero-order chi connectivity index (χ0) is 14.0. The van der Waals surface area contributed by atoms with Crippen molar-refractivity contribution in [2.24, 2.45) is 0 Å². The molecule has 0 saturated carbocycles. The maximum atomic E-state index is 11.5. The lowest BCUT2D eigenvalue weighted by molar-refractivity contribution is -0.139. The second-order valence-electron chi connectivity index (χ2n) is 4.56. The van der Waals surface area contributed by atoms with Crippen molar-refractivity contribution in [1.29, 1.82) is 0 Å². The van der Waals surface area contributed by atoms with Crippen LogP contribution in [0.5, 0.6) is 0 Å². The summed E-state index contributed by atoms with van der Waals surface area (Å²) in [4.78, 5) is 13.1. The third kappa shape index (κ3) is 3.24. The highest BCUT2D eigenvalue weighted by atomic mass is 32.2. The van der Waals surface area contributed by atoms with Crippen LogP contribution in [0.2, 0.25) is 0 Å². The summed E-state index contributed by atoms with van der Waals surface area (Å²) in [7, 11) is -3.25. The van der Waals surface area contributed by atoms with Crippen LogP contribution in [0, 0.1) is 0 Å². The molecule has 1 aromatic rings. The number of carboxylic acids is 1. The highest BCUT2D eigenvalue weighted by molar-refractivity contribution is 7.90. The van der Waals surface area contributed by atoms with Crippen molar-refractivity contribution in [1.82, 2.24) is 5.32 Å². The van der Waals surface area contributed by atoms with E-state index in [1.165, 1.54) is 6.07 Å². The first-order valence-corrected chi connectivity index (χ1v) is 7.78. The summed E-state index contributed by atoms with van der Waals surface area (Å²) in [6.07, 6.45) is 1.16. The summed E-state index contributed by atoms with van der Waals surface area (Å²) in [6, 6.07) is 5.95. The molecular weight excluding hydrogens is 268 g/mol. The number of benzene rings is 1. The summed E-state index contributed by atoms with van der Waals surface area (Å²) >= 11 is 0. The molecule has 1 atom stereocenters. The van der Waals surface area contributed by atoms with E-state index in [0.29, 0.717) is 19.6 Å². The molecule has 1 aromatic carbocycles. The molecule has 0 aliphatic carbocycles. The Morgan fingerprint density at radius 1 is 1.47 bits per heavy atom. The van der Waals surface area contributed by atoms with Crippen molar-refractivity contribution in [3.05, 3.63) is 24.3 Å². The predicted octanol–water partition coefficient (Wildman–Crippen LogP) is -0.0471. The number of aliphatic carboxylic acids is 1. The zero-order valence-electron chi connectivity index (χ0n) is 10.5. The van der Waals surface area contributed by atoms with Gasteiger partial charge < -0.3 is 15.3 Å². The molecule has 1 fully saturated rings. The molecular formula is C12H16N2O4S. The van der Waals surface area contributed by atoms with Crippen molar-refractivity contribution >= 4 is 21.5 Å². The van der Waals surface area contributed by atoms with E-state index in [-0.39, 0.29) is 4.90 Å². The third-order valence-corrected chi connectivity index (χ3v) is 4.19. The van der Waals surface area contributed by atoms with Gasteiger partial charge in [-0.25, -0.2) is 8.42 Å². The standard InChI is InChI=1S/C12H16N2O4S/c1-19(17,18)10-4-2-3-9(7-10)14-6-5-13-11(8-14)12(15)16/h2-4,7,11,13H,5-6,8H2,1H3,(H,15,16). The predicted molar refractivity (Wildman–Crippen MR) is 71.2 cm³/mol. The highest BCUT2D eigenvalue weighted by Crippen LogP contribution is 2.20. The molecule has 19 heavy (non-hydrogen) atoms. The summed E-state index contributed by atoms with van der Waals surface area (Å²) in [6.45, 7) is 1.53. The highest BCUT2D eigenvalue weighted by Gasteiger charge is 2.25. The van der Waals surface area contributed by atoms with Crippen LogP contribution in [-0.4, -0.2) is 51.4 Å². The topological polar surface area (TPSA) is 86.7 Å². The normalized spacial score (nSPS) is 20.3. The van der Waals surface area contributed by atoms with Gasteiger partial charge in [-0.1, -0.05) is 6.07 Å². The Kier molecular flexibility index (Phi) is 3.77. The maximum Gasteiger partial charge on any atom is 0.322 e. The second-order valence-corrected chi connectivity index (χ2v) is 6.58. The zero-order valence-corrected chi connectivity index (χ0v) is 11.4. The minimum Gasteiger partial charge on any atom is -0.480 e. The van der Waals surface area contributed by atoms with Crippen LogP contribution in [-0.2, 0) is 14.6 Å². The molecule has 2 N–H and O–H groups in total. The largest absolute Gasteiger partial charge is 0.480 e. The molecule has 1 saturated heterocycles. The Morgan fingerprint density at radius 2 is 2.21 bits per heavy atom. The second kappa shape index (κ2) is 5.18. The van der Waals surface area contributed by atoms with E-state index >= 15 is 0 Å². The summed E-state index contributed by atoms with van der Waals surface area (Å²) in [5.74, 6) is -0.899. The SMILES string of the molecule is CS(=O)(=O)c1cccc(N2CCNC(C(=O)O)C2)c1. The minimum atomic E-state index is -3.25. The first kappa shape index (κ1) is 13.8. The first-order chi connectivity index (χ1) is 8.88. The Balaban J connectivity index is 2.24. The van der Waals surface area contributed by atoms with E-state index in [2.05, 4.69) is 5.32 Å². The molecule has 6 nitrogen and oxygen atoms in total. The smallest absolute Gasteiger partial charge is 0.322 e. The van der Waals surface area contributed by atoms with Crippen LogP contribution in [0.3, 0.4) is 0 Å². The molecule has 7 heteroatoms. The number of hydrogen-bond donors (Lipinski definition) is 2. The lowest BCUT2D eigenvalue weighted by Gasteiger charge is -2.33. The van der Waals surface area contributed by atoms with Gasteiger partial charge in [-0.2, -0.15) is 0 Å². The van der Waals surface area contributed by atoms with Gasteiger partial charge in [-0.15, -0.1) is 0 Å². The third-order valence-electron chi connectivity index (χ3n) is 3.08. The summed E-state index contributed by atoms with van der Waals surface area (Å²) in [5, 5.41) is 11.9. The van der Waals surface area contributed by atoms with Crippen LogP contribution in [0.15, 0.2) is 29.2 Å². The van der Waals surface area contributed by atoms with Crippen molar-refractivity contribution in [2.75, 3.05) is 30.8 Å². The number of sulfone groups is 1. The molecule has 1 heterocycles. The number of rotatable bonds is 3. The maximum absolute atomic E-state index is 11.5. The van der Waals surface area contributed by atoms with Gasteiger partial charge in [-0.05, 0) is 18.2 Å². The Morgan fingerprint density at radius 3 is 2.84 bits per heavy atom. The van der Waals surface area contributed by atoms with Crippen molar-refractivity contribution in [3.8, 4) is 0 Å². The monoisotopic (exact) mass is 284 g/mol. The number of carbonyl (C=O) groups is 1. The van der Waals surface area contributed by atoms with Gasteiger partial charge in [0.1, 0.15) is 6.04 Å². The van der Waals surface area contributed by atoms with Gasteiger partial charge >= 0.3 is 5.97 Å². The molecule has 2 rings (SSSR count). The number of hydrogen-bond acceptors (Lipinski definition) is 5. The number of carboxylic acid groups (broad SMARTS) is 1. The molecule has 104 valence electrons. The first-order valence-electron chi connectivity index (χ1n) is 5.89. The Bertz CT molecular complexity index is 585. The van der Waals surface area contributed by atoms with Crippen LogP contribution in [0.25, 0.3) is 0 Å². The fraction of sp³-hybridized carbons (Fsp3) is 0.417. The van der Waals surface area contributed by atoms with Crippen LogP contribution in [0.4, 0.5) is 5.69 Å². The summed E-state index contributed by atoms with van der Waals surface area (Å²) < 4.78 is 23.0. The van der Waals surface area contributed by atoms with Crippen molar-refractivity contribution in [3.63, 3.8) is 0 Å². The number of piperazine rings is 1. The Labute approximate surface area is 112 Å². The molecule has 0 aromatic heterocycles. The van der Waals surface area contributed by atoms with Crippen LogP contribution < -0.4 is 10.2 Å². The lowest BCUT2D eigenvalue weighted by atomic mass is 10.2. The Hall–Kier alpha value is -1.60. The minimum absolute atomic E-state index is 0.246. The van der Waals surface area contributed by atoms with Crippen LogP contribution >= 0.6 is 0 Å². The van der Waals surface area contributed by atoms with E-state index in [4.69, 9.17) is 5.11 Å². The molecule has 0 spiro atoms. The fourth-order valence-electron chi connectivity index (χ4n) is 2.06. The molecule has 1 aliphatic rings. The quantitative estimate of drug-likeness (QED) is 0.809. The lowest BCUT2D eigenvalue weighted by Crippen LogP contribution is -2.54. The van der Waals surface area contributed by atoms with Crippen molar-refractivity contribution < 1.29 is 18.3 Å². The molecule has 0 bridgehead atoms. The van der Waals surface area contributed by atoms with E-state index in [9.17, 15) is 13.2 Å². The average molecular weight is 284 g/mol. The van der Waals surface area contributed by atoms with Gasteiger partial charge in [0, 0.05) is 31.6 Å². The van der Waals surface area contributed by atoms with Gasteiger partial charge in [0.15, 0.2) is 9.84 Å². The van der Waals surface area contributed by atoms with Crippen LogP contribution in [0.1, 0.15) is 0 Å². The number of anilines is 1. The number of nitrogens with zero attached hydrogens (tertiary/aromatic N) is 1. The van der Waals surface area contributed by atoms with Crippen molar-refractivity contribution in [2.45, 2.75) is 10.9 Å². The molecule has 0 amide bonds. The molecule has 0 radical (unpaired) electrons.